The molecule has 2 rings (SSSR count). The molecule has 1 heterocycles. The number of rotatable bonds is 6. The van der Waals surface area contributed by atoms with Crippen molar-refractivity contribution < 1.29 is 9.53 Å². The first kappa shape index (κ1) is 13.7. The first-order valence-electron chi connectivity index (χ1n) is 6.15. The van der Waals surface area contributed by atoms with Crippen molar-refractivity contribution in [3.63, 3.8) is 0 Å². The molecule has 0 aliphatic rings. The summed E-state index contributed by atoms with van der Waals surface area (Å²) in [4.78, 5) is 15.3. The van der Waals surface area contributed by atoms with E-state index in [0.717, 1.165) is 11.3 Å². The first-order chi connectivity index (χ1) is 9.78. The number of carbonyl (C=O) groups excluding carboxylic acids is 1. The number of hydrogen-bond donors (Lipinski definition) is 1. The molecule has 7 heteroatoms. The van der Waals surface area contributed by atoms with Gasteiger partial charge in [0.15, 0.2) is 0 Å². The predicted octanol–water partition coefficient (Wildman–Crippen LogP) is 0.827. The SMILES string of the molecule is CCOc1ccc(/C=N\NC(=O)Cn2cncn2)cc1. The Bertz CT molecular complexity index is 563. The molecule has 0 radical (unpaired) electrons. The summed E-state index contributed by atoms with van der Waals surface area (Å²) in [5.74, 6) is 0.539. The van der Waals surface area contributed by atoms with Crippen LogP contribution in [0.25, 0.3) is 0 Å². The molecule has 0 aliphatic heterocycles. The molecule has 20 heavy (non-hydrogen) atoms. The Labute approximate surface area is 116 Å². The molecule has 0 spiro atoms. The van der Waals surface area contributed by atoms with Crippen LogP contribution in [-0.4, -0.2) is 33.5 Å². The highest BCUT2D eigenvalue weighted by Crippen LogP contribution is 2.10. The number of nitrogens with one attached hydrogen (secondary N) is 1. The zero-order valence-corrected chi connectivity index (χ0v) is 11.1. The molecule has 104 valence electrons. The molecule has 1 N–H and O–H groups in total. The van der Waals surface area contributed by atoms with Crippen molar-refractivity contribution >= 4 is 12.1 Å². The highest BCUT2D eigenvalue weighted by atomic mass is 16.5. The van der Waals surface area contributed by atoms with E-state index >= 15 is 0 Å². The van der Waals surface area contributed by atoms with Crippen LogP contribution in [0.4, 0.5) is 0 Å². The van der Waals surface area contributed by atoms with Crippen LogP contribution >= 0.6 is 0 Å². The fourth-order valence-corrected chi connectivity index (χ4v) is 1.49. The van der Waals surface area contributed by atoms with Gasteiger partial charge in [-0.15, -0.1) is 0 Å². The Morgan fingerprint density at radius 1 is 1.45 bits per heavy atom. The number of benzene rings is 1. The van der Waals surface area contributed by atoms with E-state index in [2.05, 4.69) is 20.6 Å². The standard InChI is InChI=1S/C13H15N5O2/c1-2-20-12-5-3-11(4-6-12)7-15-17-13(19)8-18-10-14-9-16-18/h3-7,9-10H,2,8H2,1H3,(H,17,19)/b15-7-. The molecule has 0 aliphatic carbocycles. The summed E-state index contributed by atoms with van der Waals surface area (Å²) in [6.07, 6.45) is 4.40. The maximum atomic E-state index is 11.5. The molecular weight excluding hydrogens is 258 g/mol. The molecule has 0 unspecified atom stereocenters. The zero-order valence-electron chi connectivity index (χ0n) is 11.1. The number of aromatic nitrogens is 3. The normalized spacial score (nSPS) is 10.7. The number of hydrazone groups is 1. The largest absolute Gasteiger partial charge is 0.494 e. The van der Waals surface area contributed by atoms with E-state index < -0.39 is 0 Å². The Morgan fingerprint density at radius 2 is 2.25 bits per heavy atom. The first-order valence-corrected chi connectivity index (χ1v) is 6.15. The molecule has 1 aromatic heterocycles. The van der Waals surface area contributed by atoms with Crippen molar-refractivity contribution in [2.75, 3.05) is 6.61 Å². The van der Waals surface area contributed by atoms with Crippen molar-refractivity contribution in [1.82, 2.24) is 20.2 Å². The van der Waals surface area contributed by atoms with Gasteiger partial charge in [0.05, 0.1) is 12.8 Å². The molecule has 2 aromatic rings. The van der Waals surface area contributed by atoms with E-state index in [4.69, 9.17) is 4.74 Å². The molecule has 1 amide bonds. The second-order valence-electron chi connectivity index (χ2n) is 3.89. The van der Waals surface area contributed by atoms with Crippen LogP contribution in [0.1, 0.15) is 12.5 Å². The highest BCUT2D eigenvalue weighted by Gasteiger charge is 2.00. The number of hydrogen-bond acceptors (Lipinski definition) is 5. The fraction of sp³-hybridized carbons (Fsp3) is 0.231. The highest BCUT2D eigenvalue weighted by molar-refractivity contribution is 5.82. The minimum Gasteiger partial charge on any atom is -0.494 e. The van der Waals surface area contributed by atoms with Crippen LogP contribution in [0, 0.1) is 0 Å². The minimum absolute atomic E-state index is 0.0839. The predicted molar refractivity (Wildman–Crippen MR) is 73.4 cm³/mol. The van der Waals surface area contributed by atoms with Gasteiger partial charge in [0.1, 0.15) is 24.9 Å². The number of ether oxygens (including phenoxy) is 1. The fourth-order valence-electron chi connectivity index (χ4n) is 1.49. The van der Waals surface area contributed by atoms with Crippen molar-refractivity contribution in [2.45, 2.75) is 13.5 Å². The molecule has 0 bridgehead atoms. The third kappa shape index (κ3) is 4.20. The average Bonchev–Trinajstić information content (AvgIpc) is 2.94. The van der Waals surface area contributed by atoms with Gasteiger partial charge in [0.25, 0.3) is 5.91 Å². The van der Waals surface area contributed by atoms with Crippen molar-refractivity contribution in [3.8, 4) is 5.75 Å². The summed E-state index contributed by atoms with van der Waals surface area (Å²) in [5.41, 5.74) is 3.29. The third-order valence-corrected chi connectivity index (χ3v) is 2.37. The van der Waals surface area contributed by atoms with Gasteiger partial charge in [0.2, 0.25) is 0 Å². The average molecular weight is 273 g/mol. The lowest BCUT2D eigenvalue weighted by atomic mass is 10.2. The lowest BCUT2D eigenvalue weighted by Gasteiger charge is -2.02. The van der Waals surface area contributed by atoms with Crippen molar-refractivity contribution in [2.24, 2.45) is 5.10 Å². The smallest absolute Gasteiger partial charge is 0.261 e. The molecule has 0 atom stereocenters. The third-order valence-electron chi connectivity index (χ3n) is 2.37. The summed E-state index contributed by atoms with van der Waals surface area (Å²) in [7, 11) is 0. The maximum Gasteiger partial charge on any atom is 0.261 e. The quantitative estimate of drug-likeness (QED) is 0.624. The molecule has 0 saturated heterocycles. The van der Waals surface area contributed by atoms with Gasteiger partial charge in [-0.3, -0.25) is 4.79 Å². The van der Waals surface area contributed by atoms with Crippen LogP contribution in [0.3, 0.4) is 0 Å². The van der Waals surface area contributed by atoms with Crippen LogP contribution in [0.2, 0.25) is 0 Å². The lowest BCUT2D eigenvalue weighted by Crippen LogP contribution is -2.23. The Hall–Kier alpha value is -2.70. The van der Waals surface area contributed by atoms with Gasteiger partial charge in [-0.2, -0.15) is 10.2 Å². The van der Waals surface area contributed by atoms with Crippen molar-refractivity contribution in [3.05, 3.63) is 42.5 Å². The number of nitrogens with zero attached hydrogens (tertiary/aromatic N) is 4. The maximum absolute atomic E-state index is 11.5. The van der Waals surface area contributed by atoms with Gasteiger partial charge >= 0.3 is 0 Å². The van der Waals surface area contributed by atoms with E-state index in [1.807, 2.05) is 31.2 Å². The van der Waals surface area contributed by atoms with E-state index in [9.17, 15) is 4.79 Å². The second-order valence-corrected chi connectivity index (χ2v) is 3.89. The topological polar surface area (TPSA) is 81.4 Å². The van der Waals surface area contributed by atoms with Crippen LogP contribution in [-0.2, 0) is 11.3 Å². The molecular formula is C13H15N5O2. The van der Waals surface area contributed by atoms with Crippen LogP contribution in [0.5, 0.6) is 5.75 Å². The van der Waals surface area contributed by atoms with E-state index in [0.29, 0.717) is 6.61 Å². The molecule has 0 fully saturated rings. The van der Waals surface area contributed by atoms with Gasteiger partial charge in [-0.25, -0.2) is 15.1 Å². The van der Waals surface area contributed by atoms with Crippen LogP contribution < -0.4 is 10.2 Å². The Morgan fingerprint density at radius 3 is 2.90 bits per heavy atom. The summed E-state index contributed by atoms with van der Waals surface area (Å²) < 4.78 is 6.75. The minimum atomic E-state index is -0.266. The van der Waals surface area contributed by atoms with Crippen LogP contribution in [0.15, 0.2) is 42.0 Å². The summed E-state index contributed by atoms with van der Waals surface area (Å²) in [5, 5.41) is 7.70. The van der Waals surface area contributed by atoms with E-state index in [-0.39, 0.29) is 12.5 Å². The van der Waals surface area contributed by atoms with Gasteiger partial charge in [0, 0.05) is 0 Å². The lowest BCUT2D eigenvalue weighted by molar-refractivity contribution is -0.121. The van der Waals surface area contributed by atoms with E-state index in [1.54, 1.807) is 6.21 Å². The number of amides is 1. The van der Waals surface area contributed by atoms with Gasteiger partial charge in [-0.05, 0) is 36.8 Å². The Kier molecular flexibility index (Phi) is 4.82. The number of carbonyl (C=O) groups is 1. The summed E-state index contributed by atoms with van der Waals surface area (Å²) in [6.45, 7) is 2.65. The van der Waals surface area contributed by atoms with E-state index in [1.165, 1.54) is 17.3 Å². The van der Waals surface area contributed by atoms with Gasteiger partial charge in [-0.1, -0.05) is 0 Å². The zero-order chi connectivity index (χ0) is 14.2. The summed E-state index contributed by atoms with van der Waals surface area (Å²) in [6, 6.07) is 7.42. The summed E-state index contributed by atoms with van der Waals surface area (Å²) >= 11 is 0. The van der Waals surface area contributed by atoms with Gasteiger partial charge < -0.3 is 4.74 Å². The Balaban J connectivity index is 1.82. The second kappa shape index (κ2) is 7.03. The monoisotopic (exact) mass is 273 g/mol. The molecule has 1 aromatic carbocycles. The molecule has 7 nitrogen and oxygen atoms in total. The molecule has 0 saturated carbocycles. The van der Waals surface area contributed by atoms with Crippen molar-refractivity contribution in [1.29, 1.82) is 0 Å².